The van der Waals surface area contributed by atoms with Crippen LogP contribution in [0.1, 0.15) is 10.4 Å². The SMILES string of the molecule is O=C(OCC[N-]S(=O)(=O)C(F)(F)F)c1cc(I)c(I)c(I)c1I. The molecule has 0 bridgehead atoms. The van der Waals surface area contributed by atoms with Gasteiger partial charge < -0.3 is 9.46 Å². The second-order valence-electron chi connectivity index (χ2n) is 3.76. The average Bonchev–Trinajstić information content (AvgIpc) is 2.43. The second-order valence-corrected chi connectivity index (χ2v) is 9.83. The number of hydrogen-bond acceptors (Lipinski definition) is 4. The summed E-state index contributed by atoms with van der Waals surface area (Å²) in [4.78, 5) is 12.0. The van der Waals surface area contributed by atoms with Crippen molar-refractivity contribution < 1.29 is 31.1 Å². The number of nitrogens with zero attached hydrogens (tertiary/aromatic N) is 1. The predicted molar refractivity (Wildman–Crippen MR) is 111 cm³/mol. The number of carbonyl (C=O) groups is 1. The molecule has 0 N–H and O–H groups in total. The lowest BCUT2D eigenvalue weighted by molar-refractivity contribution is -0.0427. The van der Waals surface area contributed by atoms with E-state index in [0.29, 0.717) is 3.57 Å². The average molecular weight is 800 g/mol. The molecule has 1 aromatic rings. The molecule has 0 aromatic heterocycles. The van der Waals surface area contributed by atoms with Gasteiger partial charge in [0, 0.05) is 14.3 Å². The van der Waals surface area contributed by atoms with Crippen LogP contribution in [-0.2, 0) is 14.8 Å². The summed E-state index contributed by atoms with van der Waals surface area (Å²) >= 11 is 8.20. The first kappa shape index (κ1) is 22.4. The van der Waals surface area contributed by atoms with Crippen LogP contribution >= 0.6 is 90.4 Å². The van der Waals surface area contributed by atoms with Gasteiger partial charge in [0.15, 0.2) is 10.0 Å². The Morgan fingerprint density at radius 2 is 1.70 bits per heavy atom. The van der Waals surface area contributed by atoms with Crippen molar-refractivity contribution >= 4 is 106 Å². The van der Waals surface area contributed by atoms with E-state index in [-0.39, 0.29) is 5.56 Å². The van der Waals surface area contributed by atoms with Crippen LogP contribution in [0.25, 0.3) is 4.72 Å². The lowest BCUT2D eigenvalue weighted by Crippen LogP contribution is -2.23. The molecule has 0 amide bonds. The van der Waals surface area contributed by atoms with Gasteiger partial charge in [-0.2, -0.15) is 13.2 Å². The van der Waals surface area contributed by atoms with Crippen LogP contribution in [0.4, 0.5) is 13.2 Å². The van der Waals surface area contributed by atoms with E-state index in [0.717, 1.165) is 10.7 Å². The fraction of sp³-hybridized carbons (Fsp3) is 0.300. The van der Waals surface area contributed by atoms with Gasteiger partial charge in [-0.15, -0.1) is 6.54 Å². The smallest absolute Gasteiger partial charge is 0.480 e. The quantitative estimate of drug-likeness (QED) is 0.145. The minimum absolute atomic E-state index is 0.262. The summed E-state index contributed by atoms with van der Waals surface area (Å²) in [6.45, 7) is -1.36. The molecule has 1 rings (SSSR count). The van der Waals surface area contributed by atoms with Gasteiger partial charge in [-0.25, -0.2) is 13.2 Å². The largest absolute Gasteiger partial charge is 0.538 e. The Balaban J connectivity index is 2.70. The van der Waals surface area contributed by atoms with Crippen molar-refractivity contribution in [3.63, 3.8) is 0 Å². The summed E-state index contributed by atoms with van der Waals surface area (Å²) in [7, 11) is -5.56. The van der Waals surface area contributed by atoms with Gasteiger partial charge in [0.2, 0.25) is 0 Å². The third-order valence-corrected chi connectivity index (χ3v) is 10.6. The molecule has 23 heavy (non-hydrogen) atoms. The van der Waals surface area contributed by atoms with E-state index in [2.05, 4.69) is 49.9 Å². The molecular formula is C10H5F3I4NO4S-. The zero-order valence-corrected chi connectivity index (χ0v) is 20.1. The maximum Gasteiger partial charge on any atom is 0.480 e. The highest BCUT2D eigenvalue weighted by Gasteiger charge is 2.38. The molecule has 0 heterocycles. The minimum Gasteiger partial charge on any atom is -0.538 e. The number of alkyl halides is 3. The van der Waals surface area contributed by atoms with Crippen molar-refractivity contribution in [2.24, 2.45) is 0 Å². The molecule has 0 aliphatic rings. The molecule has 0 fully saturated rings. The van der Waals surface area contributed by atoms with Crippen LogP contribution in [-0.4, -0.2) is 33.0 Å². The van der Waals surface area contributed by atoms with E-state index in [1.54, 1.807) is 6.07 Å². The number of ether oxygens (including phenoxy) is 1. The highest BCUT2D eigenvalue weighted by atomic mass is 127. The van der Waals surface area contributed by atoms with Gasteiger partial charge >= 0.3 is 11.5 Å². The summed E-state index contributed by atoms with van der Waals surface area (Å²) in [5.41, 5.74) is -5.19. The molecule has 13 heteroatoms. The standard InChI is InChI=1S/C10H5F3I4NO4S/c11-10(12,13)23(20,21)18-1-2-22-9(19)4-3-5(14)7(16)8(17)6(4)15/h3H,1-2H2/q-1. The fourth-order valence-electron chi connectivity index (χ4n) is 1.17. The highest BCUT2D eigenvalue weighted by Crippen LogP contribution is 2.30. The summed E-state index contributed by atoms with van der Waals surface area (Å²) in [6, 6.07) is 1.60. The minimum atomic E-state index is -5.56. The summed E-state index contributed by atoms with van der Waals surface area (Å²) in [6.07, 6.45) is 0. The van der Waals surface area contributed by atoms with Crippen LogP contribution < -0.4 is 0 Å². The molecule has 0 spiro atoms. The van der Waals surface area contributed by atoms with Crippen molar-refractivity contribution in [1.29, 1.82) is 0 Å². The Bertz CT molecular complexity index is 724. The number of rotatable bonds is 5. The number of sulfonamides is 1. The molecule has 130 valence electrons. The first-order valence-corrected chi connectivity index (χ1v) is 11.1. The Labute approximate surface area is 184 Å². The Kier molecular flexibility index (Phi) is 8.55. The van der Waals surface area contributed by atoms with Crippen LogP contribution in [0.2, 0.25) is 0 Å². The van der Waals surface area contributed by atoms with E-state index in [1.807, 2.05) is 45.2 Å². The lowest BCUT2D eigenvalue weighted by Gasteiger charge is -2.21. The Morgan fingerprint density at radius 1 is 1.13 bits per heavy atom. The number of hydrogen-bond donors (Lipinski definition) is 0. The maximum absolute atomic E-state index is 12.1. The number of benzene rings is 1. The fourth-order valence-corrected chi connectivity index (χ4v) is 4.89. The first-order valence-electron chi connectivity index (χ1n) is 5.38. The number of esters is 1. The molecule has 0 aliphatic carbocycles. The summed E-state index contributed by atoms with van der Waals surface area (Å²) in [5.74, 6) is -0.749. The highest BCUT2D eigenvalue weighted by molar-refractivity contribution is 14.1. The van der Waals surface area contributed by atoms with Crippen molar-refractivity contribution in [1.82, 2.24) is 0 Å². The van der Waals surface area contributed by atoms with Gasteiger partial charge in [0.1, 0.15) is 0 Å². The maximum atomic E-state index is 12.1. The monoisotopic (exact) mass is 800 g/mol. The van der Waals surface area contributed by atoms with Gasteiger partial charge in [0.25, 0.3) is 0 Å². The van der Waals surface area contributed by atoms with E-state index < -0.39 is 34.7 Å². The van der Waals surface area contributed by atoms with Crippen LogP contribution in [0.5, 0.6) is 0 Å². The van der Waals surface area contributed by atoms with Crippen LogP contribution in [0, 0.1) is 14.3 Å². The predicted octanol–water partition coefficient (Wildman–Crippen LogP) is 4.49. The van der Waals surface area contributed by atoms with Gasteiger partial charge in [-0.1, -0.05) is 0 Å². The van der Waals surface area contributed by atoms with Crippen molar-refractivity contribution in [3.8, 4) is 0 Å². The third-order valence-electron chi connectivity index (χ3n) is 2.20. The van der Waals surface area contributed by atoms with E-state index >= 15 is 0 Å². The zero-order valence-electron chi connectivity index (χ0n) is 10.6. The van der Waals surface area contributed by atoms with Crippen molar-refractivity contribution in [2.45, 2.75) is 5.51 Å². The molecule has 0 atom stereocenters. The van der Waals surface area contributed by atoms with Crippen molar-refractivity contribution in [2.75, 3.05) is 13.2 Å². The van der Waals surface area contributed by atoms with Gasteiger partial charge in [-0.05, 0) is 96.4 Å². The number of carbonyl (C=O) groups excluding carboxylic acids is 1. The molecule has 1 aromatic carbocycles. The van der Waals surface area contributed by atoms with E-state index in [9.17, 15) is 26.4 Å². The molecule has 5 nitrogen and oxygen atoms in total. The third kappa shape index (κ3) is 5.91. The molecule has 0 aliphatic heterocycles. The summed E-state index contributed by atoms with van der Waals surface area (Å²) < 4.78 is 68.2. The lowest BCUT2D eigenvalue weighted by atomic mass is 10.2. The molecule has 0 unspecified atom stereocenters. The Morgan fingerprint density at radius 3 is 2.22 bits per heavy atom. The summed E-state index contributed by atoms with van der Waals surface area (Å²) in [5, 5.41) is 0. The second kappa shape index (κ2) is 8.80. The van der Waals surface area contributed by atoms with Crippen LogP contribution in [0.3, 0.4) is 0 Å². The van der Waals surface area contributed by atoms with Gasteiger partial charge in [0.05, 0.1) is 12.2 Å². The normalized spacial score (nSPS) is 12.3. The Hall–Kier alpha value is 1.31. The van der Waals surface area contributed by atoms with Crippen molar-refractivity contribution in [3.05, 3.63) is 30.6 Å². The molecule has 0 saturated heterocycles. The van der Waals surface area contributed by atoms with E-state index in [1.165, 1.54) is 0 Å². The molecule has 0 saturated carbocycles. The zero-order chi connectivity index (χ0) is 18.0. The molecule has 0 radical (unpaired) electrons. The first-order chi connectivity index (χ1) is 10.4. The van der Waals surface area contributed by atoms with Crippen LogP contribution in [0.15, 0.2) is 6.07 Å². The van der Waals surface area contributed by atoms with Gasteiger partial charge in [-0.3, -0.25) is 0 Å². The molecular weight excluding hydrogens is 795 g/mol. The number of halogens is 7. The van der Waals surface area contributed by atoms with E-state index in [4.69, 9.17) is 4.74 Å². The topological polar surface area (TPSA) is 74.5 Å².